The number of halogens is 2. The molecule has 1 heterocycles. The van der Waals surface area contributed by atoms with Crippen molar-refractivity contribution in [3.63, 3.8) is 0 Å². The van der Waals surface area contributed by atoms with Crippen LogP contribution in [0.25, 0.3) is 0 Å². The van der Waals surface area contributed by atoms with Crippen molar-refractivity contribution in [3.8, 4) is 0 Å². The average Bonchev–Trinajstić information content (AvgIpc) is 2.58. The lowest BCUT2D eigenvalue weighted by Crippen LogP contribution is -2.34. The first-order valence-electron chi connectivity index (χ1n) is 5.00. The van der Waals surface area contributed by atoms with Crippen molar-refractivity contribution in [1.82, 2.24) is 4.90 Å². The summed E-state index contributed by atoms with van der Waals surface area (Å²) in [5, 5.41) is 17.7. The van der Waals surface area contributed by atoms with Gasteiger partial charge in [-0.3, -0.25) is 9.69 Å². The number of nitrogens with zero attached hydrogens (tertiary/aromatic N) is 1. The second kappa shape index (κ2) is 7.60. The highest BCUT2D eigenvalue weighted by Gasteiger charge is 2.16. The van der Waals surface area contributed by atoms with E-state index in [4.69, 9.17) is 10.2 Å². The standard InChI is InChI=1S/C10H13Br2NO3S/c11-9-5-7(10(12)17-9)8(16)6-13(1-3-14)2-4-15/h5,14-15H,1-4,6H2. The van der Waals surface area contributed by atoms with Gasteiger partial charge in [-0.05, 0) is 37.9 Å². The van der Waals surface area contributed by atoms with Crippen LogP contribution in [0.5, 0.6) is 0 Å². The van der Waals surface area contributed by atoms with Crippen LogP contribution < -0.4 is 0 Å². The fraction of sp³-hybridized carbons (Fsp3) is 0.500. The smallest absolute Gasteiger partial charge is 0.178 e. The number of carbonyl (C=O) groups excluding carboxylic acids is 1. The molecule has 0 saturated carbocycles. The third-order valence-electron chi connectivity index (χ3n) is 2.16. The summed E-state index contributed by atoms with van der Waals surface area (Å²) in [6.45, 7) is 0.914. The summed E-state index contributed by atoms with van der Waals surface area (Å²) in [5.74, 6) is -0.0271. The highest BCUT2D eigenvalue weighted by atomic mass is 79.9. The fourth-order valence-electron chi connectivity index (χ4n) is 1.37. The lowest BCUT2D eigenvalue weighted by Gasteiger charge is -2.18. The first kappa shape index (κ1) is 15.3. The van der Waals surface area contributed by atoms with E-state index in [2.05, 4.69) is 31.9 Å². The number of Topliss-reactive ketones (excluding diaryl/α,β-unsaturated/α-hetero) is 1. The summed E-state index contributed by atoms with van der Waals surface area (Å²) >= 11 is 8.10. The van der Waals surface area contributed by atoms with Crippen molar-refractivity contribution in [2.75, 3.05) is 32.8 Å². The molecule has 0 spiro atoms. The molecule has 0 fully saturated rings. The van der Waals surface area contributed by atoms with Crippen LogP contribution >= 0.6 is 43.2 Å². The molecule has 0 aliphatic heterocycles. The predicted octanol–water partition coefficient (Wildman–Crippen LogP) is 1.74. The second-order valence-electron chi connectivity index (χ2n) is 3.38. The highest BCUT2D eigenvalue weighted by Crippen LogP contribution is 2.32. The SMILES string of the molecule is O=C(CN(CCO)CCO)c1cc(Br)sc1Br. The Morgan fingerprint density at radius 1 is 1.29 bits per heavy atom. The van der Waals surface area contributed by atoms with E-state index in [-0.39, 0.29) is 25.5 Å². The van der Waals surface area contributed by atoms with Gasteiger partial charge in [-0.1, -0.05) is 0 Å². The predicted molar refractivity (Wildman–Crippen MR) is 74.7 cm³/mol. The van der Waals surface area contributed by atoms with E-state index in [1.54, 1.807) is 11.0 Å². The van der Waals surface area contributed by atoms with Gasteiger partial charge in [0.05, 0.1) is 27.3 Å². The Kier molecular flexibility index (Phi) is 6.83. The maximum atomic E-state index is 12.0. The minimum Gasteiger partial charge on any atom is -0.395 e. The molecular formula is C10H13Br2NO3S. The Balaban J connectivity index is 2.66. The lowest BCUT2D eigenvalue weighted by molar-refractivity contribution is 0.0893. The zero-order chi connectivity index (χ0) is 12.8. The average molecular weight is 387 g/mol. The zero-order valence-electron chi connectivity index (χ0n) is 9.03. The van der Waals surface area contributed by atoms with Gasteiger partial charge < -0.3 is 10.2 Å². The molecule has 1 aromatic heterocycles. The summed E-state index contributed by atoms with van der Waals surface area (Å²) in [6.07, 6.45) is 0. The van der Waals surface area contributed by atoms with Gasteiger partial charge in [0.25, 0.3) is 0 Å². The monoisotopic (exact) mass is 385 g/mol. The van der Waals surface area contributed by atoms with Crippen molar-refractivity contribution >= 4 is 49.0 Å². The van der Waals surface area contributed by atoms with Crippen molar-refractivity contribution < 1.29 is 15.0 Å². The molecule has 0 aliphatic rings. The molecule has 0 aliphatic carbocycles. The first-order valence-corrected chi connectivity index (χ1v) is 7.40. The van der Waals surface area contributed by atoms with E-state index in [1.807, 2.05) is 0 Å². The summed E-state index contributed by atoms with van der Waals surface area (Å²) in [4.78, 5) is 13.7. The molecule has 1 aromatic rings. The summed E-state index contributed by atoms with van der Waals surface area (Å²) < 4.78 is 1.69. The van der Waals surface area contributed by atoms with Crippen LogP contribution in [-0.4, -0.2) is 53.7 Å². The quantitative estimate of drug-likeness (QED) is 0.700. The van der Waals surface area contributed by atoms with Gasteiger partial charge in [0.1, 0.15) is 0 Å². The van der Waals surface area contributed by atoms with Gasteiger partial charge in [-0.2, -0.15) is 0 Å². The van der Waals surface area contributed by atoms with Crippen molar-refractivity contribution in [2.24, 2.45) is 0 Å². The number of aliphatic hydroxyl groups excluding tert-OH is 2. The first-order chi connectivity index (χ1) is 8.08. The third kappa shape index (κ3) is 4.76. The molecule has 1 rings (SSSR count). The summed E-state index contributed by atoms with van der Waals surface area (Å²) in [5.41, 5.74) is 0.628. The van der Waals surface area contributed by atoms with E-state index < -0.39 is 0 Å². The Morgan fingerprint density at radius 3 is 2.29 bits per heavy atom. The van der Waals surface area contributed by atoms with Gasteiger partial charge in [-0.25, -0.2) is 0 Å². The van der Waals surface area contributed by atoms with E-state index in [0.29, 0.717) is 18.7 Å². The van der Waals surface area contributed by atoms with Crippen LogP contribution in [0.4, 0.5) is 0 Å². The number of carbonyl (C=O) groups is 1. The number of rotatable bonds is 7. The molecule has 0 bridgehead atoms. The Labute approximate surface area is 121 Å². The van der Waals surface area contributed by atoms with Gasteiger partial charge in [0.15, 0.2) is 5.78 Å². The van der Waals surface area contributed by atoms with Gasteiger partial charge in [0, 0.05) is 18.7 Å². The molecule has 0 aromatic carbocycles. The molecule has 0 radical (unpaired) electrons. The maximum absolute atomic E-state index is 12.0. The van der Waals surface area contributed by atoms with Crippen LogP contribution in [0.15, 0.2) is 13.6 Å². The normalized spacial score (nSPS) is 11.1. The molecular weight excluding hydrogens is 374 g/mol. The minimum absolute atomic E-state index is 0.0260. The van der Waals surface area contributed by atoms with Crippen molar-refractivity contribution in [3.05, 3.63) is 19.2 Å². The van der Waals surface area contributed by atoms with E-state index in [9.17, 15) is 4.79 Å². The minimum atomic E-state index is -0.0271. The van der Waals surface area contributed by atoms with Crippen LogP contribution in [-0.2, 0) is 0 Å². The zero-order valence-corrected chi connectivity index (χ0v) is 13.0. The largest absolute Gasteiger partial charge is 0.395 e. The number of hydrogen-bond donors (Lipinski definition) is 2. The van der Waals surface area contributed by atoms with Crippen molar-refractivity contribution in [1.29, 1.82) is 0 Å². The molecule has 4 nitrogen and oxygen atoms in total. The topological polar surface area (TPSA) is 60.8 Å². The van der Waals surface area contributed by atoms with Crippen LogP contribution in [0.3, 0.4) is 0 Å². The van der Waals surface area contributed by atoms with Gasteiger partial charge in [0.2, 0.25) is 0 Å². The van der Waals surface area contributed by atoms with Crippen LogP contribution in [0.1, 0.15) is 10.4 Å². The fourth-order valence-corrected chi connectivity index (χ4v) is 4.23. The number of aliphatic hydroxyl groups is 2. The Hall–Kier alpha value is 0.210. The Morgan fingerprint density at radius 2 is 1.88 bits per heavy atom. The van der Waals surface area contributed by atoms with E-state index in [0.717, 1.165) is 7.57 Å². The van der Waals surface area contributed by atoms with Gasteiger partial charge in [-0.15, -0.1) is 11.3 Å². The molecule has 2 N–H and O–H groups in total. The number of ketones is 1. The second-order valence-corrected chi connectivity index (χ2v) is 7.13. The highest BCUT2D eigenvalue weighted by molar-refractivity contribution is 9.12. The number of hydrogen-bond acceptors (Lipinski definition) is 5. The van der Waals surface area contributed by atoms with E-state index in [1.165, 1.54) is 11.3 Å². The maximum Gasteiger partial charge on any atom is 0.178 e. The Bertz CT molecular complexity index is 378. The molecule has 7 heteroatoms. The van der Waals surface area contributed by atoms with E-state index >= 15 is 0 Å². The van der Waals surface area contributed by atoms with Crippen LogP contribution in [0.2, 0.25) is 0 Å². The molecule has 96 valence electrons. The van der Waals surface area contributed by atoms with Gasteiger partial charge >= 0.3 is 0 Å². The molecule has 0 atom stereocenters. The molecule has 0 unspecified atom stereocenters. The molecule has 0 amide bonds. The van der Waals surface area contributed by atoms with Crippen molar-refractivity contribution in [2.45, 2.75) is 0 Å². The molecule has 0 saturated heterocycles. The summed E-state index contributed by atoms with van der Waals surface area (Å²) in [7, 11) is 0. The molecule has 17 heavy (non-hydrogen) atoms. The lowest BCUT2D eigenvalue weighted by atomic mass is 10.2. The number of thiophene rings is 1. The summed E-state index contributed by atoms with van der Waals surface area (Å²) in [6, 6.07) is 1.77. The third-order valence-corrected chi connectivity index (χ3v) is 4.50. The van der Waals surface area contributed by atoms with Crippen LogP contribution in [0, 0.1) is 0 Å².